The third-order valence-corrected chi connectivity index (χ3v) is 3.82. The maximum absolute atomic E-state index is 13.4. The van der Waals surface area contributed by atoms with Crippen molar-refractivity contribution in [3.05, 3.63) is 49.7 Å². The average Bonchev–Trinajstić information content (AvgIpc) is 2.79. The van der Waals surface area contributed by atoms with Crippen LogP contribution in [0.3, 0.4) is 0 Å². The van der Waals surface area contributed by atoms with E-state index in [0.717, 1.165) is 16.8 Å². The number of hydrogen-bond donors (Lipinski definition) is 1. The van der Waals surface area contributed by atoms with Crippen molar-refractivity contribution < 1.29 is 9.31 Å². The van der Waals surface area contributed by atoms with Crippen LogP contribution < -0.4 is 5.32 Å². The lowest BCUT2D eigenvalue weighted by Gasteiger charge is -2.07. The zero-order chi connectivity index (χ0) is 14.7. The van der Waals surface area contributed by atoms with E-state index in [1.807, 2.05) is 12.3 Å². The van der Waals surface area contributed by atoms with E-state index < -0.39 is 10.7 Å². The highest BCUT2D eigenvalue weighted by atomic mass is 32.1. The fourth-order valence-electron chi connectivity index (χ4n) is 1.79. The highest BCUT2D eigenvalue weighted by molar-refractivity contribution is 7.09. The Bertz CT molecular complexity index is 643. The number of rotatable bonds is 5. The fraction of sp³-hybridized carbons (Fsp3) is 0.308. The predicted octanol–water partition coefficient (Wildman–Crippen LogP) is 3.46. The molecule has 0 unspecified atom stereocenters. The molecule has 0 aliphatic carbocycles. The smallest absolute Gasteiger partial charge is 0.295 e. The molecule has 1 N–H and O–H groups in total. The molecule has 0 radical (unpaired) electrons. The van der Waals surface area contributed by atoms with Gasteiger partial charge in [-0.05, 0) is 25.5 Å². The van der Waals surface area contributed by atoms with Crippen molar-refractivity contribution in [1.82, 2.24) is 4.98 Å². The van der Waals surface area contributed by atoms with E-state index in [9.17, 15) is 14.5 Å². The van der Waals surface area contributed by atoms with Crippen molar-refractivity contribution in [2.75, 3.05) is 11.9 Å². The molecule has 0 aliphatic rings. The van der Waals surface area contributed by atoms with E-state index in [4.69, 9.17) is 0 Å². The number of nitrogens with zero attached hydrogens (tertiary/aromatic N) is 2. The van der Waals surface area contributed by atoms with Crippen LogP contribution >= 0.6 is 11.3 Å². The molecule has 1 aromatic heterocycles. The first kappa shape index (κ1) is 14.4. The minimum Gasteiger partial charge on any atom is -0.379 e. The van der Waals surface area contributed by atoms with E-state index in [1.54, 1.807) is 18.3 Å². The molecular formula is C13H14FN3O2S. The topological polar surface area (TPSA) is 68.1 Å². The summed E-state index contributed by atoms with van der Waals surface area (Å²) in [4.78, 5) is 14.6. The first-order valence-corrected chi connectivity index (χ1v) is 6.94. The molecule has 2 rings (SSSR count). The lowest BCUT2D eigenvalue weighted by Crippen LogP contribution is -2.07. The molecular weight excluding hydrogens is 281 g/mol. The van der Waals surface area contributed by atoms with Crippen LogP contribution in [0.4, 0.5) is 15.8 Å². The number of halogens is 1. The zero-order valence-corrected chi connectivity index (χ0v) is 12.0. The first-order valence-electron chi connectivity index (χ1n) is 6.07. The normalized spacial score (nSPS) is 10.6. The molecule has 0 saturated heterocycles. The Kier molecular flexibility index (Phi) is 4.29. The van der Waals surface area contributed by atoms with Crippen LogP contribution in [-0.2, 0) is 6.42 Å². The number of nitrogens with one attached hydrogen (secondary N) is 1. The van der Waals surface area contributed by atoms with E-state index >= 15 is 0 Å². The third-order valence-electron chi connectivity index (χ3n) is 2.79. The Balaban J connectivity index is 2.08. The van der Waals surface area contributed by atoms with Crippen molar-refractivity contribution in [2.45, 2.75) is 20.3 Å². The number of anilines is 1. The minimum absolute atomic E-state index is 0.247. The Morgan fingerprint density at radius 2 is 2.20 bits per heavy atom. The molecule has 1 aromatic carbocycles. The van der Waals surface area contributed by atoms with Crippen LogP contribution in [0.25, 0.3) is 0 Å². The summed E-state index contributed by atoms with van der Waals surface area (Å²) in [6, 6.07) is 2.41. The van der Waals surface area contributed by atoms with Gasteiger partial charge in [-0.1, -0.05) is 0 Å². The number of benzene rings is 1. The van der Waals surface area contributed by atoms with Crippen molar-refractivity contribution in [3.8, 4) is 0 Å². The van der Waals surface area contributed by atoms with E-state index in [-0.39, 0.29) is 5.69 Å². The molecule has 0 bridgehead atoms. The van der Waals surface area contributed by atoms with Gasteiger partial charge >= 0.3 is 0 Å². The second-order valence-electron chi connectivity index (χ2n) is 4.44. The first-order chi connectivity index (χ1) is 9.47. The highest BCUT2D eigenvalue weighted by Gasteiger charge is 2.16. The summed E-state index contributed by atoms with van der Waals surface area (Å²) in [6.07, 6.45) is 0.673. The van der Waals surface area contributed by atoms with Gasteiger partial charge in [-0.3, -0.25) is 10.1 Å². The van der Waals surface area contributed by atoms with Gasteiger partial charge in [0.2, 0.25) is 0 Å². The summed E-state index contributed by atoms with van der Waals surface area (Å²) in [7, 11) is 0. The number of nitro groups is 1. The number of nitro benzene ring substituents is 1. The van der Waals surface area contributed by atoms with Gasteiger partial charge < -0.3 is 5.32 Å². The second-order valence-corrected chi connectivity index (χ2v) is 5.38. The summed E-state index contributed by atoms with van der Waals surface area (Å²) in [5.41, 5.74) is 1.43. The lowest BCUT2D eigenvalue weighted by molar-refractivity contribution is -0.384. The summed E-state index contributed by atoms with van der Waals surface area (Å²) in [5.74, 6) is -0.571. The van der Waals surface area contributed by atoms with E-state index in [0.29, 0.717) is 24.2 Å². The standard InChI is InChI=1S/C13H14FN3O2S/c1-8-5-11(12(17(18)19)6-10(8)14)15-4-3-13-16-9(2)7-20-13/h5-7,15H,3-4H2,1-2H3. The summed E-state index contributed by atoms with van der Waals surface area (Å²) in [6.45, 7) is 4.01. The van der Waals surface area contributed by atoms with Gasteiger partial charge in [0.05, 0.1) is 16.0 Å². The van der Waals surface area contributed by atoms with Crippen LogP contribution in [0.2, 0.25) is 0 Å². The van der Waals surface area contributed by atoms with Gasteiger partial charge in [-0.15, -0.1) is 11.3 Å². The van der Waals surface area contributed by atoms with Gasteiger partial charge in [0.15, 0.2) is 0 Å². The molecule has 0 atom stereocenters. The van der Waals surface area contributed by atoms with Gasteiger partial charge in [0.25, 0.3) is 5.69 Å². The highest BCUT2D eigenvalue weighted by Crippen LogP contribution is 2.27. The largest absolute Gasteiger partial charge is 0.379 e. The Labute approximate surface area is 119 Å². The molecule has 5 nitrogen and oxygen atoms in total. The molecule has 7 heteroatoms. The van der Waals surface area contributed by atoms with Crippen molar-refractivity contribution in [2.24, 2.45) is 0 Å². The van der Waals surface area contributed by atoms with Crippen LogP contribution in [0.5, 0.6) is 0 Å². The Morgan fingerprint density at radius 1 is 1.45 bits per heavy atom. The monoisotopic (exact) mass is 295 g/mol. The molecule has 0 amide bonds. The second kappa shape index (κ2) is 5.96. The third kappa shape index (κ3) is 3.30. The van der Waals surface area contributed by atoms with Crippen LogP contribution in [0.15, 0.2) is 17.5 Å². The summed E-state index contributed by atoms with van der Waals surface area (Å²) >= 11 is 1.56. The summed E-state index contributed by atoms with van der Waals surface area (Å²) in [5, 5.41) is 16.8. The van der Waals surface area contributed by atoms with Crippen LogP contribution in [0, 0.1) is 29.8 Å². The van der Waals surface area contributed by atoms with Gasteiger partial charge in [0.1, 0.15) is 11.5 Å². The van der Waals surface area contributed by atoms with Crippen LogP contribution in [-0.4, -0.2) is 16.5 Å². The quantitative estimate of drug-likeness (QED) is 0.677. The van der Waals surface area contributed by atoms with Crippen molar-refractivity contribution in [1.29, 1.82) is 0 Å². The zero-order valence-electron chi connectivity index (χ0n) is 11.1. The Hall–Kier alpha value is -2.02. The maximum atomic E-state index is 13.4. The molecule has 2 aromatic rings. The van der Waals surface area contributed by atoms with Gasteiger partial charge in [0, 0.05) is 24.0 Å². The molecule has 0 aliphatic heterocycles. The number of thiazole rings is 1. The predicted molar refractivity (Wildman–Crippen MR) is 76.8 cm³/mol. The fourth-order valence-corrected chi connectivity index (χ4v) is 2.56. The minimum atomic E-state index is -0.585. The number of hydrogen-bond acceptors (Lipinski definition) is 5. The Morgan fingerprint density at radius 3 is 2.80 bits per heavy atom. The van der Waals surface area contributed by atoms with E-state index in [2.05, 4.69) is 10.3 Å². The van der Waals surface area contributed by atoms with Gasteiger partial charge in [-0.2, -0.15) is 0 Å². The molecule has 106 valence electrons. The summed E-state index contributed by atoms with van der Waals surface area (Å²) < 4.78 is 13.4. The molecule has 0 fully saturated rings. The van der Waals surface area contributed by atoms with Crippen molar-refractivity contribution >= 4 is 22.7 Å². The molecule has 1 heterocycles. The van der Waals surface area contributed by atoms with Crippen molar-refractivity contribution in [3.63, 3.8) is 0 Å². The molecule has 0 spiro atoms. The van der Waals surface area contributed by atoms with Crippen LogP contribution in [0.1, 0.15) is 16.3 Å². The van der Waals surface area contributed by atoms with E-state index in [1.165, 1.54) is 6.07 Å². The van der Waals surface area contributed by atoms with Gasteiger partial charge in [-0.25, -0.2) is 9.37 Å². The SMILES string of the molecule is Cc1csc(CCNc2cc(C)c(F)cc2[N+](=O)[O-])n1. The average molecular weight is 295 g/mol. The molecule has 20 heavy (non-hydrogen) atoms. The maximum Gasteiger partial charge on any atom is 0.295 e. The molecule has 0 saturated carbocycles. The lowest BCUT2D eigenvalue weighted by atomic mass is 10.1. The number of aryl methyl sites for hydroxylation is 2. The number of aromatic nitrogens is 1.